The molecule has 0 spiro atoms. The van der Waals surface area contributed by atoms with E-state index in [4.69, 9.17) is 11.6 Å². The summed E-state index contributed by atoms with van der Waals surface area (Å²) in [7, 11) is 0. The minimum absolute atomic E-state index is 0.0692. The van der Waals surface area contributed by atoms with Crippen LogP contribution in [0.25, 0.3) is 0 Å². The average Bonchev–Trinajstić information content (AvgIpc) is 2.77. The smallest absolute Gasteiger partial charge is 0.155 e. The van der Waals surface area contributed by atoms with Crippen molar-refractivity contribution in [3.8, 4) is 0 Å². The Hall–Kier alpha value is -0.700. The van der Waals surface area contributed by atoms with Crippen molar-refractivity contribution in [1.29, 1.82) is 0 Å². The van der Waals surface area contributed by atoms with Gasteiger partial charge in [0.15, 0.2) is 5.78 Å². The van der Waals surface area contributed by atoms with E-state index in [1.54, 1.807) is 0 Å². The molecule has 0 heterocycles. The summed E-state index contributed by atoms with van der Waals surface area (Å²) >= 11 is 7.19. The lowest BCUT2D eigenvalue weighted by Crippen LogP contribution is -2.67. The predicted octanol–water partition coefficient (Wildman–Crippen LogP) is 3.71. The molecule has 0 aromatic heterocycles. The number of carbonyl (C=O) groups excluding carboxylic acids is 3. The molecule has 0 aromatic rings. The zero-order valence-corrected chi connectivity index (χ0v) is 14.7. The first kappa shape index (κ1) is 15.8. The summed E-state index contributed by atoms with van der Waals surface area (Å²) in [6.45, 7) is 4.13. The molecule has 0 N–H and O–H groups in total. The third-order valence-electron chi connectivity index (χ3n) is 8.02. The second kappa shape index (κ2) is 4.68. The highest BCUT2D eigenvalue weighted by Crippen LogP contribution is 2.68. The molecule has 4 rings (SSSR count). The highest BCUT2D eigenvalue weighted by Gasteiger charge is 2.70. The van der Waals surface area contributed by atoms with Crippen LogP contribution in [0.4, 0.5) is 0 Å². The monoisotopic (exact) mass is 336 g/mol. The first-order valence-corrected chi connectivity index (χ1v) is 9.38. The summed E-state index contributed by atoms with van der Waals surface area (Å²) in [4.78, 5) is 36.7. The van der Waals surface area contributed by atoms with Crippen LogP contribution in [0.5, 0.6) is 0 Å². The van der Waals surface area contributed by atoms with Gasteiger partial charge in [0.25, 0.3) is 0 Å². The van der Waals surface area contributed by atoms with Gasteiger partial charge in [0, 0.05) is 31.1 Å². The molecule has 4 saturated carbocycles. The van der Waals surface area contributed by atoms with Gasteiger partial charge in [-0.15, -0.1) is 11.6 Å². The van der Waals surface area contributed by atoms with Gasteiger partial charge in [0.2, 0.25) is 0 Å². The lowest BCUT2D eigenvalue weighted by molar-refractivity contribution is -0.156. The minimum atomic E-state index is -0.870. The number of rotatable bonds is 0. The molecular weight excluding hydrogens is 312 g/mol. The van der Waals surface area contributed by atoms with Gasteiger partial charge >= 0.3 is 0 Å². The highest BCUT2D eigenvalue weighted by atomic mass is 35.5. The molecule has 6 atom stereocenters. The molecule has 23 heavy (non-hydrogen) atoms. The Balaban J connectivity index is 1.79. The highest BCUT2D eigenvalue weighted by molar-refractivity contribution is 6.37. The average molecular weight is 337 g/mol. The molecule has 0 aliphatic heterocycles. The summed E-state index contributed by atoms with van der Waals surface area (Å²) in [6, 6.07) is 0. The van der Waals surface area contributed by atoms with Crippen molar-refractivity contribution in [3.63, 3.8) is 0 Å². The number of fused-ring (bicyclic) bond motifs is 5. The fourth-order valence-electron chi connectivity index (χ4n) is 6.55. The van der Waals surface area contributed by atoms with E-state index >= 15 is 0 Å². The number of hydrogen-bond acceptors (Lipinski definition) is 3. The van der Waals surface area contributed by atoms with Crippen molar-refractivity contribution in [1.82, 2.24) is 0 Å². The fourth-order valence-corrected chi connectivity index (χ4v) is 7.12. The SMILES string of the molecule is CC12CC(=O)C3(Cl)C(CCC4CC(=O)CCC43C)C1CCC2=O. The predicted molar refractivity (Wildman–Crippen MR) is 87.2 cm³/mol. The molecule has 126 valence electrons. The number of alkyl halides is 1. The Morgan fingerprint density at radius 2 is 1.70 bits per heavy atom. The van der Waals surface area contributed by atoms with Crippen molar-refractivity contribution >= 4 is 29.0 Å². The van der Waals surface area contributed by atoms with Gasteiger partial charge in [-0.1, -0.05) is 13.8 Å². The van der Waals surface area contributed by atoms with E-state index in [0.717, 1.165) is 25.7 Å². The van der Waals surface area contributed by atoms with Gasteiger partial charge in [0.1, 0.15) is 16.4 Å². The molecule has 4 aliphatic rings. The van der Waals surface area contributed by atoms with Gasteiger partial charge in [-0.25, -0.2) is 0 Å². The van der Waals surface area contributed by atoms with E-state index in [-0.39, 0.29) is 34.7 Å². The number of ketones is 3. The standard InChI is InChI=1S/C19H25ClO3/c1-17-10-16(23)19(20)14(13(17)5-6-15(17)22)4-3-11-9-12(21)7-8-18(11,19)2/h11,13-14H,3-10H2,1-2H3. The quantitative estimate of drug-likeness (QED) is 0.634. The van der Waals surface area contributed by atoms with Gasteiger partial charge in [-0.2, -0.15) is 0 Å². The Bertz CT molecular complexity index is 614. The molecular formula is C19H25ClO3. The molecule has 0 amide bonds. The molecule has 0 saturated heterocycles. The van der Waals surface area contributed by atoms with E-state index in [9.17, 15) is 14.4 Å². The summed E-state index contributed by atoms with van der Waals surface area (Å²) in [5, 5.41) is 0. The van der Waals surface area contributed by atoms with Gasteiger partial charge in [0.05, 0.1) is 0 Å². The van der Waals surface area contributed by atoms with E-state index in [1.165, 1.54) is 0 Å². The van der Waals surface area contributed by atoms with Crippen LogP contribution in [0.3, 0.4) is 0 Å². The summed E-state index contributed by atoms with van der Waals surface area (Å²) < 4.78 is 0. The number of hydrogen-bond donors (Lipinski definition) is 0. The third kappa shape index (κ3) is 1.75. The van der Waals surface area contributed by atoms with Gasteiger partial charge in [-0.05, 0) is 48.9 Å². The largest absolute Gasteiger partial charge is 0.300 e. The number of Topliss-reactive ketones (excluding diaryl/α,β-unsaturated/α-hetero) is 3. The van der Waals surface area contributed by atoms with Crippen molar-refractivity contribution in [2.45, 2.75) is 70.1 Å². The molecule has 0 bridgehead atoms. The zero-order valence-electron chi connectivity index (χ0n) is 14.0. The molecule has 4 fully saturated rings. The summed E-state index contributed by atoms with van der Waals surface area (Å²) in [6.07, 6.45) is 5.46. The Morgan fingerprint density at radius 3 is 2.43 bits per heavy atom. The van der Waals surface area contributed by atoms with E-state index in [2.05, 4.69) is 6.92 Å². The zero-order chi connectivity index (χ0) is 16.6. The maximum absolute atomic E-state index is 13.2. The fraction of sp³-hybridized carbons (Fsp3) is 0.842. The maximum atomic E-state index is 13.2. The lowest BCUT2D eigenvalue weighted by atomic mass is 9.44. The van der Waals surface area contributed by atoms with Crippen molar-refractivity contribution in [2.24, 2.45) is 28.6 Å². The molecule has 0 aromatic carbocycles. The molecule has 6 unspecified atom stereocenters. The molecule has 0 radical (unpaired) electrons. The first-order chi connectivity index (χ1) is 10.7. The Morgan fingerprint density at radius 1 is 0.957 bits per heavy atom. The summed E-state index contributed by atoms with van der Waals surface area (Å²) in [5.41, 5.74) is -0.788. The lowest BCUT2D eigenvalue weighted by Gasteiger charge is -2.62. The topological polar surface area (TPSA) is 51.2 Å². The van der Waals surface area contributed by atoms with E-state index in [0.29, 0.717) is 31.5 Å². The molecule has 4 aliphatic carbocycles. The molecule has 4 heteroatoms. The van der Waals surface area contributed by atoms with Crippen LogP contribution in [-0.4, -0.2) is 22.2 Å². The Kier molecular flexibility index (Phi) is 3.22. The summed E-state index contributed by atoms with van der Waals surface area (Å²) in [5.74, 6) is 1.19. The number of carbonyl (C=O) groups is 3. The number of halogens is 1. The van der Waals surface area contributed by atoms with Crippen molar-refractivity contribution in [2.75, 3.05) is 0 Å². The van der Waals surface area contributed by atoms with Gasteiger partial charge < -0.3 is 0 Å². The van der Waals surface area contributed by atoms with Crippen LogP contribution < -0.4 is 0 Å². The minimum Gasteiger partial charge on any atom is -0.300 e. The molecule has 3 nitrogen and oxygen atoms in total. The van der Waals surface area contributed by atoms with Crippen molar-refractivity contribution < 1.29 is 14.4 Å². The van der Waals surface area contributed by atoms with E-state index in [1.807, 2.05) is 6.92 Å². The second-order valence-electron chi connectivity index (χ2n) is 8.84. The van der Waals surface area contributed by atoms with Crippen LogP contribution in [0.2, 0.25) is 0 Å². The van der Waals surface area contributed by atoms with Crippen LogP contribution in [0, 0.1) is 28.6 Å². The normalized spacial score (nSPS) is 52.8. The third-order valence-corrected chi connectivity index (χ3v) is 8.95. The van der Waals surface area contributed by atoms with Crippen molar-refractivity contribution in [3.05, 3.63) is 0 Å². The van der Waals surface area contributed by atoms with Gasteiger partial charge in [-0.3, -0.25) is 14.4 Å². The van der Waals surface area contributed by atoms with Crippen LogP contribution >= 0.6 is 11.6 Å². The van der Waals surface area contributed by atoms with Crippen LogP contribution in [-0.2, 0) is 14.4 Å². The van der Waals surface area contributed by atoms with Crippen LogP contribution in [0.15, 0.2) is 0 Å². The first-order valence-electron chi connectivity index (χ1n) is 9.01. The van der Waals surface area contributed by atoms with Crippen LogP contribution in [0.1, 0.15) is 65.2 Å². The maximum Gasteiger partial charge on any atom is 0.155 e. The van der Waals surface area contributed by atoms with E-state index < -0.39 is 10.3 Å². The Labute approximate surface area is 142 Å². The second-order valence-corrected chi connectivity index (χ2v) is 9.43.